The number of benzene rings is 3. The monoisotopic (exact) mass is 534 g/mol. The molecule has 4 amide bonds. The van der Waals surface area contributed by atoms with Crippen LogP contribution in [0.4, 0.5) is 0 Å². The molecule has 7 rings (SSSR count). The number of hydrogen-bond acceptors (Lipinski definition) is 8. The van der Waals surface area contributed by atoms with Gasteiger partial charge in [0.25, 0.3) is 23.6 Å². The number of carbonyl (C=O) groups is 4. The average Bonchev–Trinajstić information content (AvgIpc) is 3.57. The van der Waals surface area contributed by atoms with E-state index in [2.05, 4.69) is 0 Å². The molecule has 0 radical (unpaired) electrons. The second kappa shape index (κ2) is 8.50. The lowest BCUT2D eigenvalue weighted by Crippen LogP contribution is -2.29. The zero-order chi connectivity index (χ0) is 27.7. The number of imide groups is 2. The van der Waals surface area contributed by atoms with E-state index in [-0.39, 0.29) is 35.8 Å². The molecule has 10 nitrogen and oxygen atoms in total. The zero-order valence-electron chi connectivity index (χ0n) is 20.9. The molecule has 0 fully saturated rings. The van der Waals surface area contributed by atoms with Crippen LogP contribution in [0.15, 0.2) is 80.4 Å². The molecule has 0 atom stereocenters. The summed E-state index contributed by atoms with van der Waals surface area (Å²) in [4.78, 5) is 66.6. The first-order valence-electron chi connectivity index (χ1n) is 12.3. The molecule has 2 aromatic heterocycles. The molecule has 0 saturated carbocycles. The standard InChI is InChI=1S/C30H18N2O8/c1-38-26-24-16(10-11-23(33)40-24)22(14-32-29(36)19-8-4-5-9-20(19)30(32)37)21-12-15(39-25(21)26)13-31-27(34)17-6-2-3-7-18(17)28(31)35/h2-12H,13-14H2,1H3. The van der Waals surface area contributed by atoms with E-state index < -0.39 is 29.3 Å². The topological polar surface area (TPSA) is 127 Å². The smallest absolute Gasteiger partial charge is 0.336 e. The molecule has 10 heteroatoms. The number of furan rings is 1. The lowest BCUT2D eigenvalue weighted by atomic mass is 10.0. The Morgan fingerprint density at radius 3 is 1.65 bits per heavy atom. The molecule has 0 saturated heterocycles. The summed E-state index contributed by atoms with van der Waals surface area (Å²) >= 11 is 0. The van der Waals surface area contributed by atoms with Crippen molar-refractivity contribution in [2.24, 2.45) is 0 Å². The Balaban J connectivity index is 1.37. The summed E-state index contributed by atoms with van der Waals surface area (Å²) in [6.07, 6.45) is 0. The lowest BCUT2D eigenvalue weighted by molar-refractivity contribution is 0.0622. The van der Waals surface area contributed by atoms with Gasteiger partial charge in [-0.25, -0.2) is 4.79 Å². The Morgan fingerprint density at radius 2 is 1.12 bits per heavy atom. The fourth-order valence-corrected chi connectivity index (χ4v) is 5.42. The normalized spacial score (nSPS) is 14.5. The van der Waals surface area contributed by atoms with Gasteiger partial charge in [-0.2, -0.15) is 0 Å². The quantitative estimate of drug-likeness (QED) is 0.243. The van der Waals surface area contributed by atoms with Crippen LogP contribution in [0.25, 0.3) is 21.9 Å². The average molecular weight is 534 g/mol. The Bertz CT molecular complexity index is 1950. The molecule has 0 unspecified atom stereocenters. The summed E-state index contributed by atoms with van der Waals surface area (Å²) in [6.45, 7) is -0.319. The second-order valence-corrected chi connectivity index (χ2v) is 9.45. The van der Waals surface area contributed by atoms with Gasteiger partial charge in [-0.3, -0.25) is 29.0 Å². The van der Waals surface area contributed by atoms with Crippen LogP contribution in [0.1, 0.15) is 52.8 Å². The van der Waals surface area contributed by atoms with Gasteiger partial charge >= 0.3 is 5.63 Å². The number of fused-ring (bicyclic) bond motifs is 4. The maximum absolute atomic E-state index is 13.2. The molecule has 0 spiro atoms. The van der Waals surface area contributed by atoms with Crippen molar-refractivity contribution < 1.29 is 32.7 Å². The third-order valence-electron chi connectivity index (χ3n) is 7.27. The molecule has 0 aliphatic carbocycles. The summed E-state index contributed by atoms with van der Waals surface area (Å²) < 4.78 is 17.1. The van der Waals surface area contributed by atoms with E-state index in [1.165, 1.54) is 19.2 Å². The molecule has 196 valence electrons. The fraction of sp³-hybridized carbons (Fsp3) is 0.100. The first-order valence-corrected chi connectivity index (χ1v) is 12.3. The number of ether oxygens (including phenoxy) is 1. The highest BCUT2D eigenvalue weighted by Crippen LogP contribution is 2.41. The van der Waals surface area contributed by atoms with Crippen LogP contribution in [0.3, 0.4) is 0 Å². The summed E-state index contributed by atoms with van der Waals surface area (Å²) in [5.41, 5.74) is 1.31. The number of hydrogen-bond donors (Lipinski definition) is 0. The molecule has 2 aliphatic heterocycles. The molecule has 0 N–H and O–H groups in total. The number of rotatable bonds is 5. The largest absolute Gasteiger partial charge is 0.490 e. The first-order chi connectivity index (χ1) is 19.4. The van der Waals surface area contributed by atoms with E-state index in [1.807, 2.05) is 0 Å². The SMILES string of the molecule is COc1c2oc(CN3C(=O)c4ccccc4C3=O)cc2c(CN2C(=O)c3ccccc3C2=O)c2ccc(=O)oc12. The van der Waals surface area contributed by atoms with Gasteiger partial charge in [0.05, 0.1) is 42.5 Å². The number of nitrogens with zero attached hydrogens (tertiary/aromatic N) is 2. The minimum atomic E-state index is -0.630. The van der Waals surface area contributed by atoms with Crippen LogP contribution in [0, 0.1) is 0 Å². The van der Waals surface area contributed by atoms with E-state index >= 15 is 0 Å². The van der Waals surface area contributed by atoms with Crippen molar-refractivity contribution in [3.63, 3.8) is 0 Å². The van der Waals surface area contributed by atoms with Gasteiger partial charge in [0, 0.05) is 16.8 Å². The maximum atomic E-state index is 13.2. The van der Waals surface area contributed by atoms with E-state index in [0.717, 1.165) is 9.80 Å². The van der Waals surface area contributed by atoms with Crippen LogP contribution in [-0.4, -0.2) is 40.5 Å². The predicted octanol–water partition coefficient (Wildman–Crippen LogP) is 4.14. The molecule has 2 aliphatic rings. The van der Waals surface area contributed by atoms with E-state index in [4.69, 9.17) is 13.6 Å². The Hall–Kier alpha value is -5.51. The molecular weight excluding hydrogens is 516 g/mol. The number of methoxy groups -OCH3 is 1. The van der Waals surface area contributed by atoms with E-state index in [9.17, 15) is 24.0 Å². The third kappa shape index (κ3) is 3.25. The number of amides is 4. The maximum Gasteiger partial charge on any atom is 0.336 e. The molecule has 5 aromatic rings. The van der Waals surface area contributed by atoms with Crippen LogP contribution in [0.5, 0.6) is 5.75 Å². The zero-order valence-corrected chi connectivity index (χ0v) is 20.9. The van der Waals surface area contributed by atoms with Gasteiger partial charge in [-0.05, 0) is 42.0 Å². The molecule has 4 heterocycles. The molecular formula is C30H18N2O8. The van der Waals surface area contributed by atoms with Crippen LogP contribution in [0.2, 0.25) is 0 Å². The summed E-state index contributed by atoms with van der Waals surface area (Å²) in [5, 5.41) is 0.912. The highest BCUT2D eigenvalue weighted by atomic mass is 16.5. The Kier molecular flexibility index (Phi) is 5.01. The Morgan fingerprint density at radius 1 is 0.625 bits per heavy atom. The van der Waals surface area contributed by atoms with Crippen LogP contribution < -0.4 is 10.4 Å². The van der Waals surface area contributed by atoms with Crippen molar-refractivity contribution in [3.05, 3.63) is 111 Å². The van der Waals surface area contributed by atoms with Gasteiger partial charge in [0.1, 0.15) is 5.76 Å². The Labute approximate surface area is 224 Å². The second-order valence-electron chi connectivity index (χ2n) is 9.45. The van der Waals surface area contributed by atoms with E-state index in [1.54, 1.807) is 54.6 Å². The van der Waals surface area contributed by atoms with Crippen LogP contribution >= 0.6 is 0 Å². The minimum Gasteiger partial charge on any atom is -0.490 e. The fourth-order valence-electron chi connectivity index (χ4n) is 5.42. The van der Waals surface area contributed by atoms with E-state index in [0.29, 0.717) is 38.6 Å². The van der Waals surface area contributed by atoms with Crippen molar-refractivity contribution in [2.75, 3.05) is 7.11 Å². The van der Waals surface area contributed by atoms with Crippen molar-refractivity contribution >= 4 is 45.6 Å². The third-order valence-corrected chi connectivity index (χ3v) is 7.27. The lowest BCUT2D eigenvalue weighted by Gasteiger charge is -2.17. The summed E-state index contributed by atoms with van der Waals surface area (Å²) in [6, 6.07) is 17.5. The number of carbonyl (C=O) groups excluding carboxylic acids is 4. The highest BCUT2D eigenvalue weighted by molar-refractivity contribution is 6.22. The van der Waals surface area contributed by atoms with Gasteiger partial charge in [-0.15, -0.1) is 0 Å². The minimum absolute atomic E-state index is 0.0794. The van der Waals surface area contributed by atoms with Crippen LogP contribution in [-0.2, 0) is 13.1 Å². The van der Waals surface area contributed by atoms with Crippen molar-refractivity contribution in [1.82, 2.24) is 9.80 Å². The van der Waals surface area contributed by atoms with Gasteiger partial charge in [0.2, 0.25) is 5.75 Å². The van der Waals surface area contributed by atoms with Gasteiger partial charge < -0.3 is 13.6 Å². The summed E-state index contributed by atoms with van der Waals surface area (Å²) in [5.74, 6) is -1.42. The van der Waals surface area contributed by atoms with Gasteiger partial charge in [0.15, 0.2) is 11.2 Å². The molecule has 0 bridgehead atoms. The van der Waals surface area contributed by atoms with Crippen molar-refractivity contribution in [2.45, 2.75) is 13.1 Å². The van der Waals surface area contributed by atoms with Crippen molar-refractivity contribution in [3.8, 4) is 5.75 Å². The molecule has 3 aromatic carbocycles. The van der Waals surface area contributed by atoms with Crippen molar-refractivity contribution in [1.29, 1.82) is 0 Å². The predicted molar refractivity (Wildman–Crippen MR) is 140 cm³/mol. The van der Waals surface area contributed by atoms with Gasteiger partial charge in [-0.1, -0.05) is 24.3 Å². The molecule has 40 heavy (non-hydrogen) atoms. The highest BCUT2D eigenvalue weighted by Gasteiger charge is 2.38. The summed E-state index contributed by atoms with van der Waals surface area (Å²) in [7, 11) is 1.39. The first kappa shape index (κ1) is 23.6.